The molecule has 1 heterocycles. The zero-order valence-electron chi connectivity index (χ0n) is 16.8. The normalized spacial score (nSPS) is 10.9. The van der Waals surface area contributed by atoms with Gasteiger partial charge in [0.25, 0.3) is 5.56 Å². The number of pyridine rings is 1. The topological polar surface area (TPSA) is 58.4 Å². The largest absolute Gasteiger partial charge is 0.356 e. The first-order valence-electron chi connectivity index (χ1n) is 9.56. The van der Waals surface area contributed by atoms with Crippen molar-refractivity contribution in [1.82, 2.24) is 15.2 Å². The third kappa shape index (κ3) is 7.50. The molecule has 7 heteroatoms. The molecule has 0 aliphatic carbocycles. The molecule has 2 N–H and O–H groups in total. The number of hydrogen-bond donors (Lipinski definition) is 2. The van der Waals surface area contributed by atoms with Gasteiger partial charge in [-0.3, -0.25) is 9.79 Å². The Morgan fingerprint density at radius 2 is 1.73 bits per heavy atom. The van der Waals surface area contributed by atoms with E-state index in [0.29, 0.717) is 13.1 Å². The maximum atomic E-state index is 11.8. The minimum atomic E-state index is 0. The number of aromatic nitrogens is 1. The van der Waals surface area contributed by atoms with E-state index >= 15 is 0 Å². The van der Waals surface area contributed by atoms with Crippen LogP contribution in [-0.4, -0.2) is 24.1 Å². The number of halogens is 2. The number of benzene rings is 2. The lowest BCUT2D eigenvalue weighted by molar-refractivity contribution is 0.758. The molecule has 2 aromatic carbocycles. The lowest BCUT2D eigenvalue weighted by atomic mass is 10.1. The summed E-state index contributed by atoms with van der Waals surface area (Å²) in [5.74, 6) is 0.756. The van der Waals surface area contributed by atoms with E-state index in [1.54, 1.807) is 29.9 Å². The maximum absolute atomic E-state index is 11.8. The first-order valence-corrected chi connectivity index (χ1v) is 9.94. The monoisotopic (exact) mass is 536 g/mol. The van der Waals surface area contributed by atoms with Gasteiger partial charge in [-0.1, -0.05) is 54.1 Å². The van der Waals surface area contributed by atoms with Crippen LogP contribution in [0.4, 0.5) is 0 Å². The first kappa shape index (κ1) is 24.0. The van der Waals surface area contributed by atoms with Crippen LogP contribution in [0.15, 0.2) is 82.7 Å². The van der Waals surface area contributed by atoms with Gasteiger partial charge in [-0.05, 0) is 41.3 Å². The summed E-state index contributed by atoms with van der Waals surface area (Å²) in [4.78, 5) is 16.1. The molecule has 5 nitrogen and oxygen atoms in total. The summed E-state index contributed by atoms with van der Waals surface area (Å²) >= 11 is 6.02. The number of aliphatic imine (C=N–C) groups is 1. The molecule has 0 fully saturated rings. The predicted molar refractivity (Wildman–Crippen MR) is 135 cm³/mol. The fourth-order valence-corrected chi connectivity index (χ4v) is 3.19. The highest BCUT2D eigenvalue weighted by Crippen LogP contribution is 2.10. The van der Waals surface area contributed by atoms with Crippen LogP contribution in [0.3, 0.4) is 0 Å². The van der Waals surface area contributed by atoms with E-state index in [0.717, 1.165) is 35.1 Å². The van der Waals surface area contributed by atoms with Gasteiger partial charge in [0.2, 0.25) is 0 Å². The summed E-state index contributed by atoms with van der Waals surface area (Å²) < 4.78 is 1.69. The van der Waals surface area contributed by atoms with E-state index in [2.05, 4.69) is 33.8 Å². The molecular formula is C23H26ClIN4O. The average molecular weight is 537 g/mol. The molecule has 0 saturated heterocycles. The molecule has 0 spiro atoms. The summed E-state index contributed by atoms with van der Waals surface area (Å²) in [6.07, 6.45) is 2.67. The number of guanidine groups is 1. The van der Waals surface area contributed by atoms with Gasteiger partial charge < -0.3 is 15.2 Å². The van der Waals surface area contributed by atoms with Crippen molar-refractivity contribution >= 4 is 41.5 Å². The Labute approximate surface area is 199 Å². The van der Waals surface area contributed by atoms with Gasteiger partial charge in [0, 0.05) is 37.4 Å². The van der Waals surface area contributed by atoms with Crippen molar-refractivity contribution in [3.63, 3.8) is 0 Å². The molecule has 0 unspecified atom stereocenters. The van der Waals surface area contributed by atoms with Gasteiger partial charge >= 0.3 is 0 Å². The zero-order valence-corrected chi connectivity index (χ0v) is 19.9. The van der Waals surface area contributed by atoms with E-state index < -0.39 is 0 Å². The Morgan fingerprint density at radius 3 is 2.43 bits per heavy atom. The zero-order chi connectivity index (χ0) is 20.5. The molecule has 3 aromatic rings. The molecule has 1 aromatic heterocycles. The van der Waals surface area contributed by atoms with Crippen LogP contribution in [-0.2, 0) is 19.5 Å². The van der Waals surface area contributed by atoms with E-state index in [-0.39, 0.29) is 29.5 Å². The van der Waals surface area contributed by atoms with Crippen LogP contribution in [0.5, 0.6) is 0 Å². The van der Waals surface area contributed by atoms with E-state index in [9.17, 15) is 4.79 Å². The van der Waals surface area contributed by atoms with Gasteiger partial charge in [-0.2, -0.15) is 0 Å². The summed E-state index contributed by atoms with van der Waals surface area (Å²) in [6, 6.07) is 21.3. The Morgan fingerprint density at radius 1 is 0.967 bits per heavy atom. The van der Waals surface area contributed by atoms with Crippen LogP contribution < -0.4 is 16.2 Å². The van der Waals surface area contributed by atoms with Gasteiger partial charge in [0.05, 0.1) is 6.54 Å². The number of nitrogens with one attached hydrogen (secondary N) is 2. The minimum absolute atomic E-state index is 0. The Balaban J connectivity index is 0.00000320. The fraction of sp³-hybridized carbons (Fsp3) is 0.217. The van der Waals surface area contributed by atoms with Crippen LogP contribution in [0.1, 0.15) is 16.7 Å². The second-order valence-corrected chi connectivity index (χ2v) is 7.15. The molecule has 0 saturated carbocycles. The van der Waals surface area contributed by atoms with Gasteiger partial charge in [0.15, 0.2) is 5.96 Å². The van der Waals surface area contributed by atoms with Crippen molar-refractivity contribution in [2.75, 3.05) is 13.6 Å². The molecule has 0 aliphatic rings. The minimum Gasteiger partial charge on any atom is -0.356 e. The second-order valence-electron chi connectivity index (χ2n) is 6.72. The standard InChI is InChI=1S/C23H25ClN4O.HI/c1-25-23(26-13-12-18-5-4-6-21(24)15-18)27-16-19-8-10-20(11-9-19)17-28-14-3-2-7-22(28)29;/h2-11,14-15H,12-13,16-17H2,1H3,(H2,25,26,27);1H. The Kier molecular flexibility index (Phi) is 9.89. The fourth-order valence-electron chi connectivity index (χ4n) is 2.97. The predicted octanol–water partition coefficient (Wildman–Crippen LogP) is 4.08. The summed E-state index contributed by atoms with van der Waals surface area (Å²) in [5.41, 5.74) is 3.43. The summed E-state index contributed by atoms with van der Waals surface area (Å²) in [5, 5.41) is 7.39. The van der Waals surface area contributed by atoms with Crippen molar-refractivity contribution in [1.29, 1.82) is 0 Å². The Hall–Kier alpha value is -2.32. The Bertz CT molecular complexity index is 1020. The van der Waals surface area contributed by atoms with Crippen LogP contribution in [0, 0.1) is 0 Å². The quantitative estimate of drug-likeness (QED) is 0.272. The third-order valence-electron chi connectivity index (χ3n) is 4.55. The molecule has 158 valence electrons. The van der Waals surface area contributed by atoms with E-state index in [1.165, 1.54) is 5.56 Å². The van der Waals surface area contributed by atoms with Crippen molar-refractivity contribution in [3.05, 3.63) is 105 Å². The molecule has 30 heavy (non-hydrogen) atoms. The van der Waals surface area contributed by atoms with Crippen LogP contribution in [0.2, 0.25) is 5.02 Å². The molecule has 0 aliphatic heterocycles. The number of hydrogen-bond acceptors (Lipinski definition) is 2. The molecule has 3 rings (SSSR count). The van der Waals surface area contributed by atoms with Crippen molar-refractivity contribution in [3.8, 4) is 0 Å². The highest BCUT2D eigenvalue weighted by molar-refractivity contribution is 14.0. The first-order chi connectivity index (χ1) is 14.1. The SMILES string of the molecule is CN=C(NCCc1cccc(Cl)c1)NCc1ccc(Cn2ccccc2=O)cc1.I. The molecule has 0 bridgehead atoms. The highest BCUT2D eigenvalue weighted by Gasteiger charge is 2.01. The highest BCUT2D eigenvalue weighted by atomic mass is 127. The lowest BCUT2D eigenvalue weighted by Crippen LogP contribution is -2.37. The average Bonchev–Trinajstić information content (AvgIpc) is 2.73. The van der Waals surface area contributed by atoms with Crippen molar-refractivity contribution in [2.24, 2.45) is 4.99 Å². The van der Waals surface area contributed by atoms with Crippen molar-refractivity contribution in [2.45, 2.75) is 19.5 Å². The van der Waals surface area contributed by atoms with Gasteiger partial charge in [-0.15, -0.1) is 24.0 Å². The molecular weight excluding hydrogens is 511 g/mol. The van der Waals surface area contributed by atoms with Crippen LogP contribution >= 0.6 is 35.6 Å². The molecule has 0 amide bonds. The molecule has 0 atom stereocenters. The summed E-state index contributed by atoms with van der Waals surface area (Å²) in [6.45, 7) is 2.01. The van der Waals surface area contributed by atoms with Crippen LogP contribution in [0.25, 0.3) is 0 Å². The van der Waals surface area contributed by atoms with Crippen molar-refractivity contribution < 1.29 is 0 Å². The third-order valence-corrected chi connectivity index (χ3v) is 4.79. The number of rotatable bonds is 7. The van der Waals surface area contributed by atoms with E-state index in [4.69, 9.17) is 11.6 Å². The summed E-state index contributed by atoms with van der Waals surface area (Å²) in [7, 11) is 1.76. The maximum Gasteiger partial charge on any atom is 0.250 e. The number of nitrogens with zero attached hydrogens (tertiary/aromatic N) is 2. The second kappa shape index (κ2) is 12.4. The van der Waals surface area contributed by atoms with Gasteiger partial charge in [0.1, 0.15) is 0 Å². The molecule has 0 radical (unpaired) electrons. The van der Waals surface area contributed by atoms with Gasteiger partial charge in [-0.25, -0.2) is 0 Å². The lowest BCUT2D eigenvalue weighted by Gasteiger charge is -2.12. The van der Waals surface area contributed by atoms with E-state index in [1.807, 2.05) is 36.4 Å². The smallest absolute Gasteiger partial charge is 0.250 e.